The molecule has 1 saturated heterocycles. The molecule has 0 aromatic heterocycles. The summed E-state index contributed by atoms with van der Waals surface area (Å²) in [6.45, 7) is 4.52. The van der Waals surface area contributed by atoms with Crippen LogP contribution in [0.2, 0.25) is 0 Å². The summed E-state index contributed by atoms with van der Waals surface area (Å²) in [6.07, 6.45) is 0.249. The molecule has 1 heterocycles. The van der Waals surface area contributed by atoms with E-state index in [1.54, 1.807) is 11.8 Å². The van der Waals surface area contributed by atoms with E-state index in [9.17, 15) is 14.7 Å². The molecule has 1 N–H and O–H groups in total. The maximum Gasteiger partial charge on any atom is 0.410 e. The summed E-state index contributed by atoms with van der Waals surface area (Å²) in [5.74, 6) is -1.36. The van der Waals surface area contributed by atoms with Gasteiger partial charge in [-0.2, -0.15) is 0 Å². The molecule has 146 valence electrons. The van der Waals surface area contributed by atoms with Crippen molar-refractivity contribution in [2.45, 2.75) is 32.2 Å². The number of carbonyl (C=O) groups is 2. The molecule has 3 atom stereocenters. The minimum Gasteiger partial charge on any atom is -0.481 e. The lowest BCUT2D eigenvalue weighted by atomic mass is 9.81. The first kappa shape index (κ1) is 18.5. The molecule has 0 spiro atoms. The molecule has 1 amide bonds. The Hall–Kier alpha value is -2.82. The Morgan fingerprint density at radius 2 is 1.61 bits per heavy atom. The number of ether oxygens (including phenoxy) is 1. The van der Waals surface area contributed by atoms with Crippen LogP contribution in [-0.4, -0.2) is 41.3 Å². The van der Waals surface area contributed by atoms with Crippen LogP contribution in [0.1, 0.15) is 37.3 Å². The summed E-state index contributed by atoms with van der Waals surface area (Å²) in [7, 11) is 0. The van der Waals surface area contributed by atoms with Gasteiger partial charge in [0.25, 0.3) is 0 Å². The monoisotopic (exact) mass is 379 g/mol. The fourth-order valence-electron chi connectivity index (χ4n) is 4.78. The van der Waals surface area contributed by atoms with Gasteiger partial charge in [0.05, 0.1) is 5.92 Å². The van der Waals surface area contributed by atoms with Crippen molar-refractivity contribution in [2.24, 2.45) is 11.8 Å². The molecule has 1 aliphatic carbocycles. The molecule has 5 nitrogen and oxygen atoms in total. The van der Waals surface area contributed by atoms with Gasteiger partial charge in [0, 0.05) is 18.5 Å². The van der Waals surface area contributed by atoms with Crippen molar-refractivity contribution in [3.05, 3.63) is 59.7 Å². The number of carbonyl (C=O) groups excluding carboxylic acids is 1. The normalized spacial score (nSPS) is 23.8. The first-order valence-corrected chi connectivity index (χ1v) is 9.83. The second kappa shape index (κ2) is 7.30. The van der Waals surface area contributed by atoms with Gasteiger partial charge in [-0.15, -0.1) is 0 Å². The molecule has 28 heavy (non-hydrogen) atoms. The number of fused-ring (bicyclic) bond motifs is 3. The summed E-state index contributed by atoms with van der Waals surface area (Å²) in [5.41, 5.74) is 4.70. The molecular formula is C23H25NO4. The fraction of sp³-hybridized carbons (Fsp3) is 0.391. The minimum absolute atomic E-state index is 0.00522. The van der Waals surface area contributed by atoms with Gasteiger partial charge in [-0.1, -0.05) is 55.5 Å². The van der Waals surface area contributed by atoms with E-state index in [0.717, 1.165) is 0 Å². The van der Waals surface area contributed by atoms with E-state index < -0.39 is 18.0 Å². The number of amides is 1. The Bertz CT molecular complexity index is 863. The van der Waals surface area contributed by atoms with Crippen LogP contribution in [0.3, 0.4) is 0 Å². The molecule has 1 aliphatic heterocycles. The van der Waals surface area contributed by atoms with Crippen LogP contribution in [0.4, 0.5) is 4.79 Å². The quantitative estimate of drug-likeness (QED) is 0.860. The summed E-state index contributed by atoms with van der Waals surface area (Å²) in [5, 5.41) is 9.52. The zero-order chi connectivity index (χ0) is 19.8. The molecule has 0 saturated carbocycles. The maximum atomic E-state index is 12.8. The van der Waals surface area contributed by atoms with Crippen LogP contribution in [0.15, 0.2) is 48.5 Å². The van der Waals surface area contributed by atoms with E-state index in [2.05, 4.69) is 24.3 Å². The molecule has 2 aliphatic rings. The van der Waals surface area contributed by atoms with Gasteiger partial charge in [0.1, 0.15) is 6.61 Å². The molecule has 1 fully saturated rings. The van der Waals surface area contributed by atoms with E-state index in [1.165, 1.54) is 22.3 Å². The number of carboxylic acid groups (broad SMARTS) is 1. The SMILES string of the molecule is C[C@@H]1CCN(C(=O)OCC2c3ccccc3-c3ccccc32)[C@H](C)[C@@H]1C(=O)O. The van der Waals surface area contributed by atoms with Gasteiger partial charge in [-0.05, 0) is 41.5 Å². The number of rotatable bonds is 3. The molecular weight excluding hydrogens is 354 g/mol. The Balaban J connectivity index is 1.50. The third-order valence-electron chi connectivity index (χ3n) is 6.31. The van der Waals surface area contributed by atoms with Gasteiger partial charge in [-0.25, -0.2) is 4.79 Å². The zero-order valence-electron chi connectivity index (χ0n) is 16.2. The largest absolute Gasteiger partial charge is 0.481 e. The van der Waals surface area contributed by atoms with Crippen molar-refractivity contribution in [1.29, 1.82) is 0 Å². The van der Waals surface area contributed by atoms with Crippen molar-refractivity contribution in [1.82, 2.24) is 4.90 Å². The highest BCUT2D eigenvalue weighted by molar-refractivity contribution is 5.79. The average Bonchev–Trinajstić information content (AvgIpc) is 3.00. The van der Waals surface area contributed by atoms with Crippen molar-refractivity contribution in [2.75, 3.05) is 13.2 Å². The fourth-order valence-corrected chi connectivity index (χ4v) is 4.78. The van der Waals surface area contributed by atoms with Gasteiger partial charge in [-0.3, -0.25) is 4.79 Å². The minimum atomic E-state index is -0.851. The third-order valence-corrected chi connectivity index (χ3v) is 6.31. The molecule has 2 aromatic carbocycles. The first-order chi connectivity index (χ1) is 13.5. The lowest BCUT2D eigenvalue weighted by molar-refractivity contribution is -0.147. The predicted octanol–water partition coefficient (Wildman–Crippen LogP) is 4.37. The molecule has 4 rings (SSSR count). The summed E-state index contributed by atoms with van der Waals surface area (Å²) < 4.78 is 5.71. The standard InChI is InChI=1S/C23H25NO4/c1-14-11-12-24(15(2)21(14)22(25)26)23(27)28-13-20-18-9-5-3-7-16(18)17-8-4-6-10-19(17)20/h3-10,14-15,20-21H,11-13H2,1-2H3,(H,25,26)/t14-,15-,21-/m1/s1. The predicted molar refractivity (Wildman–Crippen MR) is 106 cm³/mol. The lowest BCUT2D eigenvalue weighted by Gasteiger charge is -2.40. The van der Waals surface area contributed by atoms with E-state index in [4.69, 9.17) is 4.74 Å². The molecule has 0 unspecified atom stereocenters. The second-order valence-electron chi connectivity index (χ2n) is 7.87. The van der Waals surface area contributed by atoms with Gasteiger partial charge >= 0.3 is 12.1 Å². The number of carboxylic acids is 1. The maximum absolute atomic E-state index is 12.8. The van der Waals surface area contributed by atoms with Crippen LogP contribution in [0, 0.1) is 11.8 Å². The number of nitrogens with zero attached hydrogens (tertiary/aromatic N) is 1. The average molecular weight is 379 g/mol. The number of benzene rings is 2. The smallest absolute Gasteiger partial charge is 0.410 e. The Morgan fingerprint density at radius 1 is 1.04 bits per heavy atom. The topological polar surface area (TPSA) is 66.8 Å². The molecule has 2 aromatic rings. The van der Waals surface area contributed by atoms with E-state index in [1.807, 2.05) is 31.2 Å². The molecule has 0 bridgehead atoms. The Kier molecular flexibility index (Phi) is 4.84. The number of hydrogen-bond donors (Lipinski definition) is 1. The Morgan fingerprint density at radius 3 is 2.18 bits per heavy atom. The van der Waals surface area contributed by atoms with Crippen LogP contribution in [0.25, 0.3) is 11.1 Å². The van der Waals surface area contributed by atoms with Gasteiger partial charge in [0.2, 0.25) is 0 Å². The lowest BCUT2D eigenvalue weighted by Crippen LogP contribution is -2.52. The highest BCUT2D eigenvalue weighted by Gasteiger charge is 2.41. The summed E-state index contributed by atoms with van der Waals surface area (Å²) in [4.78, 5) is 26.0. The van der Waals surface area contributed by atoms with Crippen molar-refractivity contribution >= 4 is 12.1 Å². The van der Waals surface area contributed by atoms with Crippen LogP contribution < -0.4 is 0 Å². The highest BCUT2D eigenvalue weighted by Crippen LogP contribution is 2.44. The third kappa shape index (κ3) is 3.05. The number of piperidine rings is 1. The first-order valence-electron chi connectivity index (χ1n) is 9.83. The highest BCUT2D eigenvalue weighted by atomic mass is 16.6. The van der Waals surface area contributed by atoms with E-state index in [-0.39, 0.29) is 24.5 Å². The summed E-state index contributed by atoms with van der Waals surface area (Å²) >= 11 is 0. The Labute approximate surface area is 164 Å². The van der Waals surface area contributed by atoms with Crippen LogP contribution in [-0.2, 0) is 9.53 Å². The molecule has 5 heteroatoms. The van der Waals surface area contributed by atoms with E-state index in [0.29, 0.717) is 13.0 Å². The van der Waals surface area contributed by atoms with Gasteiger partial charge in [0.15, 0.2) is 0 Å². The van der Waals surface area contributed by atoms with Crippen LogP contribution in [0.5, 0.6) is 0 Å². The number of likely N-dealkylation sites (tertiary alicyclic amines) is 1. The van der Waals surface area contributed by atoms with Crippen molar-refractivity contribution < 1.29 is 19.4 Å². The number of hydrogen-bond acceptors (Lipinski definition) is 3. The molecule has 0 radical (unpaired) electrons. The van der Waals surface area contributed by atoms with Crippen LogP contribution >= 0.6 is 0 Å². The number of aliphatic carboxylic acids is 1. The second-order valence-corrected chi connectivity index (χ2v) is 7.87. The zero-order valence-corrected chi connectivity index (χ0v) is 16.2. The van der Waals surface area contributed by atoms with Crippen molar-refractivity contribution in [3.63, 3.8) is 0 Å². The van der Waals surface area contributed by atoms with Crippen molar-refractivity contribution in [3.8, 4) is 11.1 Å². The summed E-state index contributed by atoms with van der Waals surface area (Å²) in [6, 6.07) is 16.0. The van der Waals surface area contributed by atoms with E-state index >= 15 is 0 Å². The van der Waals surface area contributed by atoms with Gasteiger partial charge < -0.3 is 14.7 Å².